The van der Waals surface area contributed by atoms with E-state index >= 15 is 0 Å². The fraction of sp³-hybridized carbons (Fsp3) is 0.273. The lowest BCUT2D eigenvalue weighted by atomic mass is 10.1. The van der Waals surface area contributed by atoms with Crippen molar-refractivity contribution in [3.63, 3.8) is 0 Å². The van der Waals surface area contributed by atoms with Crippen molar-refractivity contribution in [2.75, 3.05) is 0 Å². The largest absolute Gasteiger partial charge is 0.476 e. The molecule has 0 aliphatic carbocycles. The Hall–Kier alpha value is -0.940. The highest BCUT2D eigenvalue weighted by Crippen LogP contribution is 2.44. The van der Waals surface area contributed by atoms with E-state index in [-0.39, 0.29) is 6.42 Å². The topological polar surface area (TPSA) is 54.4 Å². The Morgan fingerprint density at radius 3 is 2.94 bits per heavy atom. The number of aliphatic carboxylic acids is 1. The molecule has 1 aliphatic heterocycles. The minimum absolute atomic E-state index is 0.0778. The Labute approximate surface area is 101 Å². The van der Waals surface area contributed by atoms with Gasteiger partial charge >= 0.3 is 5.97 Å². The standard InChI is InChI=1S/C11H10O3S2/c12-9(11(13)14)3-1-7-2-4-10-8(5-7)6-15-16-10/h2,4-5H,1,3,6H2,(H,13,14). The molecule has 0 spiro atoms. The smallest absolute Gasteiger partial charge is 0.372 e. The Morgan fingerprint density at radius 2 is 2.19 bits per heavy atom. The van der Waals surface area contributed by atoms with Crippen LogP contribution in [0.5, 0.6) is 0 Å². The summed E-state index contributed by atoms with van der Waals surface area (Å²) in [5, 5.41) is 8.46. The summed E-state index contributed by atoms with van der Waals surface area (Å²) in [4.78, 5) is 22.6. The van der Waals surface area contributed by atoms with Gasteiger partial charge in [0.05, 0.1) is 0 Å². The number of carboxylic acids is 1. The van der Waals surface area contributed by atoms with Crippen molar-refractivity contribution in [2.24, 2.45) is 0 Å². The van der Waals surface area contributed by atoms with Crippen molar-refractivity contribution in [1.29, 1.82) is 0 Å². The van der Waals surface area contributed by atoms with Gasteiger partial charge in [-0.25, -0.2) is 4.79 Å². The number of carbonyl (C=O) groups is 2. The van der Waals surface area contributed by atoms with Crippen molar-refractivity contribution in [2.45, 2.75) is 23.5 Å². The molecule has 3 nitrogen and oxygen atoms in total. The molecular weight excluding hydrogens is 244 g/mol. The highest BCUT2D eigenvalue weighted by molar-refractivity contribution is 8.76. The van der Waals surface area contributed by atoms with Gasteiger partial charge in [-0.15, -0.1) is 0 Å². The molecule has 1 aromatic rings. The van der Waals surface area contributed by atoms with Crippen LogP contribution in [-0.2, 0) is 21.8 Å². The van der Waals surface area contributed by atoms with Crippen molar-refractivity contribution < 1.29 is 14.7 Å². The summed E-state index contributed by atoms with van der Waals surface area (Å²) in [5.74, 6) is -1.07. The molecule has 2 rings (SSSR count). The van der Waals surface area contributed by atoms with Crippen LogP contribution in [0.2, 0.25) is 0 Å². The predicted molar refractivity (Wildman–Crippen MR) is 64.6 cm³/mol. The zero-order valence-electron chi connectivity index (χ0n) is 8.43. The predicted octanol–water partition coefficient (Wildman–Crippen LogP) is 2.53. The molecule has 0 aromatic heterocycles. The number of carboxylic acid groups (broad SMARTS) is 1. The number of hydrogen-bond acceptors (Lipinski definition) is 4. The van der Waals surface area contributed by atoms with Crippen LogP contribution in [0.15, 0.2) is 23.1 Å². The highest BCUT2D eigenvalue weighted by atomic mass is 33.1. The molecule has 1 N–H and O–H groups in total. The number of Topliss-reactive ketones (excluding diaryl/α,β-unsaturated/α-hetero) is 1. The molecule has 0 unspecified atom stereocenters. The van der Waals surface area contributed by atoms with E-state index in [1.807, 2.05) is 12.1 Å². The minimum Gasteiger partial charge on any atom is -0.476 e. The molecule has 0 saturated carbocycles. The molecule has 0 fully saturated rings. The fourth-order valence-electron chi connectivity index (χ4n) is 1.50. The summed E-state index contributed by atoms with van der Waals surface area (Å²) in [6.45, 7) is 0. The first-order chi connectivity index (χ1) is 7.66. The third kappa shape index (κ3) is 2.59. The number of benzene rings is 1. The van der Waals surface area contributed by atoms with Crippen LogP contribution in [0, 0.1) is 0 Å². The Kier molecular flexibility index (Phi) is 3.56. The van der Waals surface area contributed by atoms with E-state index < -0.39 is 11.8 Å². The SMILES string of the molecule is O=C(O)C(=O)CCc1ccc2c(c1)CSS2. The lowest BCUT2D eigenvalue weighted by Gasteiger charge is -2.02. The van der Waals surface area contributed by atoms with Crippen molar-refractivity contribution in [3.8, 4) is 0 Å². The van der Waals surface area contributed by atoms with Crippen LogP contribution in [0.4, 0.5) is 0 Å². The summed E-state index contributed by atoms with van der Waals surface area (Å²) in [7, 11) is 3.56. The van der Waals surface area contributed by atoms with E-state index in [1.165, 1.54) is 10.5 Å². The molecule has 84 valence electrons. The van der Waals surface area contributed by atoms with Crippen LogP contribution in [0.25, 0.3) is 0 Å². The summed E-state index contributed by atoms with van der Waals surface area (Å²) < 4.78 is 0. The van der Waals surface area contributed by atoms with Gasteiger partial charge in [0.1, 0.15) is 0 Å². The van der Waals surface area contributed by atoms with Crippen LogP contribution in [-0.4, -0.2) is 16.9 Å². The lowest BCUT2D eigenvalue weighted by Crippen LogP contribution is -2.12. The second-order valence-electron chi connectivity index (χ2n) is 3.52. The van der Waals surface area contributed by atoms with Gasteiger partial charge in [-0.3, -0.25) is 4.79 Å². The van der Waals surface area contributed by atoms with Gasteiger partial charge in [0, 0.05) is 17.1 Å². The number of hydrogen-bond donors (Lipinski definition) is 1. The maximum Gasteiger partial charge on any atom is 0.372 e. The lowest BCUT2D eigenvalue weighted by molar-refractivity contribution is -0.149. The molecule has 0 radical (unpaired) electrons. The van der Waals surface area contributed by atoms with Gasteiger partial charge in [-0.2, -0.15) is 0 Å². The highest BCUT2D eigenvalue weighted by Gasteiger charge is 2.14. The molecule has 0 atom stereocenters. The van der Waals surface area contributed by atoms with Gasteiger partial charge in [-0.1, -0.05) is 33.7 Å². The normalized spacial score (nSPS) is 13.5. The molecule has 1 aliphatic rings. The number of fused-ring (bicyclic) bond motifs is 1. The summed E-state index contributed by atoms with van der Waals surface area (Å²) in [6, 6.07) is 6.07. The van der Waals surface area contributed by atoms with Crippen molar-refractivity contribution in [3.05, 3.63) is 29.3 Å². The zero-order valence-corrected chi connectivity index (χ0v) is 10.1. The average molecular weight is 254 g/mol. The Bertz CT molecular complexity index is 443. The Balaban J connectivity index is 2.00. The van der Waals surface area contributed by atoms with Crippen molar-refractivity contribution >= 4 is 33.3 Å². The molecular formula is C11H10O3S2. The summed E-state index contributed by atoms with van der Waals surface area (Å²) >= 11 is 0. The van der Waals surface area contributed by atoms with Gasteiger partial charge in [0.25, 0.3) is 0 Å². The maximum atomic E-state index is 10.9. The third-order valence-corrected chi connectivity index (χ3v) is 4.74. The first-order valence-corrected chi connectivity index (χ1v) is 7.16. The van der Waals surface area contributed by atoms with E-state index in [1.54, 1.807) is 21.6 Å². The van der Waals surface area contributed by atoms with Crippen LogP contribution in [0.1, 0.15) is 17.5 Å². The molecule has 1 heterocycles. The first-order valence-electron chi connectivity index (χ1n) is 4.84. The quantitative estimate of drug-likeness (QED) is 0.661. The van der Waals surface area contributed by atoms with Crippen LogP contribution < -0.4 is 0 Å². The summed E-state index contributed by atoms with van der Waals surface area (Å²) in [6.07, 6.45) is 0.585. The second kappa shape index (κ2) is 4.93. The van der Waals surface area contributed by atoms with E-state index in [4.69, 9.17) is 5.11 Å². The fourth-order valence-corrected chi connectivity index (χ4v) is 3.93. The van der Waals surface area contributed by atoms with Crippen molar-refractivity contribution in [1.82, 2.24) is 0 Å². The van der Waals surface area contributed by atoms with Gasteiger partial charge in [-0.05, 0) is 23.6 Å². The molecule has 5 heteroatoms. The number of aryl methyl sites for hydroxylation is 1. The van der Waals surface area contributed by atoms with Crippen LogP contribution in [0.3, 0.4) is 0 Å². The molecule has 0 bridgehead atoms. The second-order valence-corrected chi connectivity index (χ2v) is 5.85. The van der Waals surface area contributed by atoms with E-state index in [0.29, 0.717) is 6.42 Å². The average Bonchev–Trinajstić information content (AvgIpc) is 2.72. The van der Waals surface area contributed by atoms with Gasteiger partial charge in [0.15, 0.2) is 0 Å². The number of ketones is 1. The number of rotatable bonds is 4. The molecule has 0 saturated heterocycles. The molecule has 0 amide bonds. The third-order valence-electron chi connectivity index (χ3n) is 2.37. The van der Waals surface area contributed by atoms with Gasteiger partial charge < -0.3 is 5.11 Å². The number of carbonyl (C=O) groups excluding carboxylic acids is 1. The van der Waals surface area contributed by atoms with E-state index in [2.05, 4.69) is 6.07 Å². The molecule has 16 heavy (non-hydrogen) atoms. The monoisotopic (exact) mass is 254 g/mol. The van der Waals surface area contributed by atoms with Gasteiger partial charge in [0.2, 0.25) is 5.78 Å². The first kappa shape index (κ1) is 11.5. The molecule has 1 aromatic carbocycles. The Morgan fingerprint density at radius 1 is 1.38 bits per heavy atom. The van der Waals surface area contributed by atoms with E-state index in [9.17, 15) is 9.59 Å². The maximum absolute atomic E-state index is 10.9. The van der Waals surface area contributed by atoms with E-state index in [0.717, 1.165) is 11.3 Å². The van der Waals surface area contributed by atoms with Crippen LogP contribution >= 0.6 is 21.6 Å². The summed E-state index contributed by atoms with van der Waals surface area (Å²) in [5.41, 5.74) is 2.33. The minimum atomic E-state index is -1.34. The zero-order chi connectivity index (χ0) is 11.5.